The summed E-state index contributed by atoms with van der Waals surface area (Å²) >= 11 is 0. The molecule has 2 heterocycles. The van der Waals surface area contributed by atoms with Crippen molar-refractivity contribution in [2.75, 3.05) is 20.2 Å². The molecule has 1 saturated heterocycles. The van der Waals surface area contributed by atoms with Crippen LogP contribution in [-0.4, -0.2) is 46.1 Å². The van der Waals surface area contributed by atoms with Crippen LogP contribution in [0.4, 0.5) is 13.2 Å². The van der Waals surface area contributed by atoms with Gasteiger partial charge < -0.3 is 14.8 Å². The van der Waals surface area contributed by atoms with Crippen molar-refractivity contribution in [3.63, 3.8) is 0 Å². The van der Waals surface area contributed by atoms with Gasteiger partial charge in [-0.15, -0.1) is 12.4 Å². The Bertz CT molecular complexity index is 1120. The number of methoxy groups -OCH3 is 1. The Kier molecular flexibility index (Phi) is 8.09. The average molecular weight is 498 g/mol. The van der Waals surface area contributed by atoms with Crippen LogP contribution < -0.4 is 4.74 Å². The predicted molar refractivity (Wildman–Crippen MR) is 124 cm³/mol. The number of likely N-dealkylation sites (tertiary alicyclic amines) is 1. The monoisotopic (exact) mass is 497 g/mol. The molecule has 10 heteroatoms. The van der Waals surface area contributed by atoms with Crippen molar-refractivity contribution in [1.29, 1.82) is 0 Å². The number of ether oxygens (including phenoxy) is 1. The fraction of sp³-hybridized carbons (Fsp3) is 0.417. The second-order valence-electron chi connectivity index (χ2n) is 8.61. The minimum atomic E-state index is -4.35. The van der Waals surface area contributed by atoms with Crippen LogP contribution in [0.5, 0.6) is 5.75 Å². The van der Waals surface area contributed by atoms with Gasteiger partial charge in [0.15, 0.2) is 0 Å². The number of imidazole rings is 1. The maximum absolute atomic E-state index is 12.8. The third kappa shape index (κ3) is 6.21. The summed E-state index contributed by atoms with van der Waals surface area (Å²) in [6.07, 6.45) is -2.95. The highest BCUT2D eigenvalue weighted by Gasteiger charge is 2.32. The maximum Gasteiger partial charge on any atom is 0.416 e. The number of nitrogens with one attached hydrogen (secondary N) is 1. The standard InChI is InChI=1S/C24H26F3N3O3.ClH/c1-33-19-6-7-20-21(12-19)29-22(28-20)10-17-14-30(9-8-16(17)11-23(31)32)13-15-2-4-18(5-3-15)24(25,26)27;/h2-7,12,16-17H,8-11,13-14H2,1H3,(H,28,29)(H,31,32);1H/t16-,17-;/m0./s1. The number of H-pyrrole nitrogens is 1. The van der Waals surface area contributed by atoms with Crippen LogP contribution in [0.25, 0.3) is 11.0 Å². The molecule has 1 fully saturated rings. The number of hydrogen-bond donors (Lipinski definition) is 2. The van der Waals surface area contributed by atoms with E-state index in [-0.39, 0.29) is 30.7 Å². The second kappa shape index (κ2) is 10.7. The molecule has 6 nitrogen and oxygen atoms in total. The molecule has 0 spiro atoms. The summed E-state index contributed by atoms with van der Waals surface area (Å²) in [5.41, 5.74) is 1.81. The summed E-state index contributed by atoms with van der Waals surface area (Å²) < 4.78 is 43.7. The Labute approximate surface area is 201 Å². The van der Waals surface area contributed by atoms with E-state index in [1.807, 2.05) is 18.2 Å². The van der Waals surface area contributed by atoms with Crippen molar-refractivity contribution in [2.45, 2.75) is 32.0 Å². The first-order valence-electron chi connectivity index (χ1n) is 10.8. The first-order chi connectivity index (χ1) is 15.7. The number of benzene rings is 2. The number of piperidine rings is 1. The summed E-state index contributed by atoms with van der Waals surface area (Å²) in [6.45, 7) is 1.87. The number of carboxylic acids is 1. The minimum absolute atomic E-state index is 0. The fourth-order valence-corrected chi connectivity index (χ4v) is 4.59. The number of halogens is 4. The van der Waals surface area contributed by atoms with E-state index in [9.17, 15) is 23.1 Å². The smallest absolute Gasteiger partial charge is 0.416 e. The number of alkyl halides is 3. The van der Waals surface area contributed by atoms with Gasteiger partial charge in [0.2, 0.25) is 0 Å². The molecule has 2 atom stereocenters. The van der Waals surface area contributed by atoms with Gasteiger partial charge in [0.1, 0.15) is 11.6 Å². The lowest BCUT2D eigenvalue weighted by Gasteiger charge is -2.38. The molecule has 1 aliphatic heterocycles. The third-order valence-corrected chi connectivity index (χ3v) is 6.29. The lowest BCUT2D eigenvalue weighted by atomic mass is 9.81. The van der Waals surface area contributed by atoms with Crippen molar-refractivity contribution in [3.8, 4) is 5.75 Å². The molecule has 184 valence electrons. The number of carbonyl (C=O) groups is 1. The van der Waals surface area contributed by atoms with Crippen molar-refractivity contribution >= 4 is 29.4 Å². The van der Waals surface area contributed by atoms with Gasteiger partial charge in [0.25, 0.3) is 0 Å². The van der Waals surface area contributed by atoms with E-state index < -0.39 is 17.7 Å². The summed E-state index contributed by atoms with van der Waals surface area (Å²) in [5, 5.41) is 9.37. The van der Waals surface area contributed by atoms with E-state index in [1.165, 1.54) is 12.1 Å². The summed E-state index contributed by atoms with van der Waals surface area (Å²) in [6, 6.07) is 10.8. The number of aromatic nitrogens is 2. The van der Waals surface area contributed by atoms with E-state index in [1.54, 1.807) is 7.11 Å². The summed E-state index contributed by atoms with van der Waals surface area (Å²) in [4.78, 5) is 21.6. The van der Waals surface area contributed by atoms with Gasteiger partial charge in [0, 0.05) is 32.0 Å². The normalized spacial score (nSPS) is 19.1. The van der Waals surface area contributed by atoms with Crippen LogP contribution in [0.15, 0.2) is 42.5 Å². The van der Waals surface area contributed by atoms with Gasteiger partial charge >= 0.3 is 12.1 Å². The highest BCUT2D eigenvalue weighted by Crippen LogP contribution is 2.32. The van der Waals surface area contributed by atoms with Crippen LogP contribution in [0, 0.1) is 11.8 Å². The van der Waals surface area contributed by atoms with Crippen molar-refractivity contribution in [3.05, 3.63) is 59.4 Å². The highest BCUT2D eigenvalue weighted by atomic mass is 35.5. The number of rotatable bonds is 7. The van der Waals surface area contributed by atoms with E-state index in [0.717, 1.165) is 40.3 Å². The maximum atomic E-state index is 12.8. The van der Waals surface area contributed by atoms with Crippen LogP contribution in [-0.2, 0) is 23.9 Å². The van der Waals surface area contributed by atoms with Crippen molar-refractivity contribution in [2.24, 2.45) is 11.8 Å². The molecule has 2 aromatic carbocycles. The van der Waals surface area contributed by atoms with Crippen molar-refractivity contribution in [1.82, 2.24) is 14.9 Å². The molecule has 0 amide bonds. The topological polar surface area (TPSA) is 78.4 Å². The quantitative estimate of drug-likeness (QED) is 0.471. The van der Waals surface area contributed by atoms with Crippen LogP contribution in [0.3, 0.4) is 0 Å². The SMILES string of the molecule is COc1ccc2nc(C[C@H]3CN(Cc4ccc(C(F)(F)F)cc4)CC[C@H]3CC(=O)O)[nH]c2c1.Cl. The lowest BCUT2D eigenvalue weighted by molar-refractivity contribution is -0.139. The van der Waals surface area contributed by atoms with E-state index >= 15 is 0 Å². The molecule has 1 aromatic heterocycles. The molecule has 0 bridgehead atoms. The van der Waals surface area contributed by atoms with Gasteiger partial charge in [-0.1, -0.05) is 12.1 Å². The van der Waals surface area contributed by atoms with Gasteiger partial charge in [-0.3, -0.25) is 9.69 Å². The van der Waals surface area contributed by atoms with E-state index in [0.29, 0.717) is 32.5 Å². The zero-order valence-corrected chi connectivity index (χ0v) is 19.5. The molecule has 4 rings (SSSR count). The van der Waals surface area contributed by atoms with E-state index in [4.69, 9.17) is 4.74 Å². The number of fused-ring (bicyclic) bond motifs is 1. The molecule has 0 saturated carbocycles. The molecule has 0 radical (unpaired) electrons. The second-order valence-corrected chi connectivity index (χ2v) is 8.61. The van der Waals surface area contributed by atoms with E-state index in [2.05, 4.69) is 14.9 Å². The third-order valence-electron chi connectivity index (χ3n) is 6.29. The average Bonchev–Trinajstić information content (AvgIpc) is 3.16. The molecular weight excluding hydrogens is 471 g/mol. The zero-order chi connectivity index (χ0) is 23.6. The Morgan fingerprint density at radius 2 is 1.94 bits per heavy atom. The van der Waals surface area contributed by atoms with Crippen LogP contribution in [0.1, 0.15) is 29.8 Å². The van der Waals surface area contributed by atoms with Gasteiger partial charge in [-0.2, -0.15) is 13.2 Å². The summed E-state index contributed by atoms with van der Waals surface area (Å²) in [7, 11) is 1.60. The van der Waals surface area contributed by atoms with Gasteiger partial charge in [0.05, 0.1) is 23.7 Å². The number of hydrogen-bond acceptors (Lipinski definition) is 4. The Morgan fingerprint density at radius 3 is 2.59 bits per heavy atom. The Morgan fingerprint density at radius 1 is 1.21 bits per heavy atom. The Hall–Kier alpha value is -2.78. The zero-order valence-electron chi connectivity index (χ0n) is 18.6. The van der Waals surface area contributed by atoms with Crippen LogP contribution in [0.2, 0.25) is 0 Å². The number of aliphatic carboxylic acids is 1. The molecule has 0 unspecified atom stereocenters. The Balaban J connectivity index is 0.00000324. The molecule has 1 aliphatic rings. The molecule has 0 aliphatic carbocycles. The van der Waals surface area contributed by atoms with Gasteiger partial charge in [-0.25, -0.2) is 4.98 Å². The largest absolute Gasteiger partial charge is 0.497 e. The first kappa shape index (κ1) is 25.8. The first-order valence-corrected chi connectivity index (χ1v) is 10.8. The number of aromatic amines is 1. The minimum Gasteiger partial charge on any atom is -0.497 e. The number of carboxylic acid groups (broad SMARTS) is 1. The molecule has 3 aromatic rings. The fourth-order valence-electron chi connectivity index (χ4n) is 4.59. The number of nitrogens with zero attached hydrogens (tertiary/aromatic N) is 2. The highest BCUT2D eigenvalue weighted by molar-refractivity contribution is 5.85. The van der Waals surface area contributed by atoms with Crippen molar-refractivity contribution < 1.29 is 27.8 Å². The predicted octanol–water partition coefficient (Wildman–Crippen LogP) is 5.17. The molecule has 2 N–H and O–H groups in total. The molecule has 34 heavy (non-hydrogen) atoms. The summed E-state index contributed by atoms with van der Waals surface area (Å²) in [5.74, 6) is 0.758. The van der Waals surface area contributed by atoms with Gasteiger partial charge in [-0.05, 0) is 54.6 Å². The lowest BCUT2D eigenvalue weighted by Crippen LogP contribution is -2.41. The molecular formula is C24H27ClF3N3O3. The van der Waals surface area contributed by atoms with Crippen LogP contribution >= 0.6 is 12.4 Å².